The molecule has 144 valence electrons. The first-order chi connectivity index (χ1) is 13.2. The van der Waals surface area contributed by atoms with Gasteiger partial charge in [-0.25, -0.2) is 4.98 Å². The van der Waals surface area contributed by atoms with Gasteiger partial charge in [0.05, 0.1) is 11.6 Å². The highest BCUT2D eigenvalue weighted by Gasteiger charge is 2.23. The molecule has 0 saturated carbocycles. The van der Waals surface area contributed by atoms with Gasteiger partial charge in [-0.3, -0.25) is 4.79 Å². The molecule has 1 aromatic carbocycles. The first-order valence-electron chi connectivity index (χ1n) is 9.93. The Morgan fingerprint density at radius 2 is 1.93 bits per heavy atom. The lowest BCUT2D eigenvalue weighted by atomic mass is 10.0. The number of benzene rings is 1. The predicted octanol–water partition coefficient (Wildman–Crippen LogP) is 3.49. The summed E-state index contributed by atoms with van der Waals surface area (Å²) < 4.78 is 0. The average molecular weight is 367 g/mol. The van der Waals surface area contributed by atoms with Crippen LogP contribution < -0.4 is 10.2 Å². The Hall–Kier alpha value is -2.40. The standard InChI is InChI=1S/C22H30N4O/c1-3-13-23-22(27)19-11-12-21(24-16-19)25(2)20(17-26-14-7-8-15-26)18-9-5-4-6-10-18/h4-6,9-12,16,20H,3,7-8,13-15,17H2,1-2H3,(H,23,27)/t20-/m1/s1. The fraction of sp³-hybridized carbons (Fsp3) is 0.455. The number of rotatable bonds is 8. The fourth-order valence-corrected chi connectivity index (χ4v) is 3.57. The number of likely N-dealkylation sites (N-methyl/N-ethyl adjacent to an activating group) is 1. The van der Waals surface area contributed by atoms with Crippen LogP contribution in [0.15, 0.2) is 48.7 Å². The van der Waals surface area contributed by atoms with Crippen molar-refractivity contribution >= 4 is 11.7 Å². The zero-order chi connectivity index (χ0) is 19.1. The zero-order valence-corrected chi connectivity index (χ0v) is 16.4. The predicted molar refractivity (Wildman–Crippen MR) is 110 cm³/mol. The number of aromatic nitrogens is 1. The van der Waals surface area contributed by atoms with Crippen LogP contribution in [-0.2, 0) is 0 Å². The van der Waals surface area contributed by atoms with Gasteiger partial charge in [0, 0.05) is 26.3 Å². The highest BCUT2D eigenvalue weighted by atomic mass is 16.1. The highest BCUT2D eigenvalue weighted by Crippen LogP contribution is 2.26. The Bertz CT molecular complexity index is 711. The molecule has 1 saturated heterocycles. The fourth-order valence-electron chi connectivity index (χ4n) is 3.57. The number of likely N-dealkylation sites (tertiary alicyclic amines) is 1. The van der Waals surface area contributed by atoms with E-state index in [0.29, 0.717) is 12.1 Å². The molecule has 3 rings (SSSR count). The molecule has 1 aromatic heterocycles. The van der Waals surface area contributed by atoms with Crippen molar-refractivity contribution in [3.05, 3.63) is 59.8 Å². The minimum absolute atomic E-state index is 0.0600. The summed E-state index contributed by atoms with van der Waals surface area (Å²) in [5.74, 6) is 0.824. The Morgan fingerprint density at radius 1 is 1.19 bits per heavy atom. The summed E-state index contributed by atoms with van der Waals surface area (Å²) in [6, 6.07) is 14.6. The average Bonchev–Trinajstić information content (AvgIpc) is 3.24. The van der Waals surface area contributed by atoms with Crippen molar-refractivity contribution in [2.45, 2.75) is 32.2 Å². The summed E-state index contributed by atoms with van der Waals surface area (Å²) in [4.78, 5) is 21.4. The number of nitrogens with one attached hydrogen (secondary N) is 1. The van der Waals surface area contributed by atoms with Crippen LogP contribution >= 0.6 is 0 Å². The first kappa shape index (κ1) is 19.4. The number of carbonyl (C=O) groups is 1. The first-order valence-corrected chi connectivity index (χ1v) is 9.93. The lowest BCUT2D eigenvalue weighted by molar-refractivity contribution is 0.0953. The second-order valence-corrected chi connectivity index (χ2v) is 7.21. The maximum atomic E-state index is 12.1. The quantitative estimate of drug-likeness (QED) is 0.777. The molecule has 27 heavy (non-hydrogen) atoms. The maximum Gasteiger partial charge on any atom is 0.252 e. The Balaban J connectivity index is 1.76. The van der Waals surface area contributed by atoms with Crippen LogP contribution in [0.3, 0.4) is 0 Å². The van der Waals surface area contributed by atoms with Crippen LogP contribution in [0.25, 0.3) is 0 Å². The molecule has 1 amide bonds. The third-order valence-electron chi connectivity index (χ3n) is 5.19. The second-order valence-electron chi connectivity index (χ2n) is 7.21. The molecule has 5 heteroatoms. The van der Waals surface area contributed by atoms with Crippen LogP contribution in [0.2, 0.25) is 0 Å². The topological polar surface area (TPSA) is 48.5 Å². The van der Waals surface area contributed by atoms with E-state index in [-0.39, 0.29) is 11.9 Å². The van der Waals surface area contributed by atoms with Crippen LogP contribution in [0.5, 0.6) is 0 Å². The van der Waals surface area contributed by atoms with Crippen molar-refractivity contribution in [3.8, 4) is 0 Å². The van der Waals surface area contributed by atoms with Crippen molar-refractivity contribution in [1.29, 1.82) is 0 Å². The van der Waals surface area contributed by atoms with Gasteiger partial charge in [0.1, 0.15) is 5.82 Å². The van der Waals surface area contributed by atoms with Gasteiger partial charge in [-0.1, -0.05) is 37.3 Å². The van der Waals surface area contributed by atoms with E-state index in [1.807, 2.05) is 19.1 Å². The van der Waals surface area contributed by atoms with Crippen molar-refractivity contribution in [2.75, 3.05) is 38.1 Å². The third-order valence-corrected chi connectivity index (χ3v) is 5.19. The van der Waals surface area contributed by atoms with E-state index in [0.717, 1.165) is 18.8 Å². The number of pyridine rings is 1. The van der Waals surface area contributed by atoms with E-state index < -0.39 is 0 Å². The molecule has 1 atom stereocenters. The van der Waals surface area contributed by atoms with Crippen LogP contribution in [-0.4, -0.2) is 49.0 Å². The molecular formula is C22H30N4O. The van der Waals surface area contributed by atoms with E-state index in [4.69, 9.17) is 0 Å². The summed E-state index contributed by atoms with van der Waals surface area (Å²) in [7, 11) is 2.09. The number of amides is 1. The number of hydrogen-bond donors (Lipinski definition) is 1. The molecule has 1 aliphatic rings. The van der Waals surface area contributed by atoms with Gasteiger partial charge in [0.25, 0.3) is 5.91 Å². The highest BCUT2D eigenvalue weighted by molar-refractivity contribution is 5.94. The monoisotopic (exact) mass is 366 g/mol. The largest absolute Gasteiger partial charge is 0.352 e. The van der Waals surface area contributed by atoms with Crippen LogP contribution in [0.1, 0.15) is 48.1 Å². The lowest BCUT2D eigenvalue weighted by Crippen LogP contribution is -2.35. The normalized spacial score (nSPS) is 15.5. The number of hydrogen-bond acceptors (Lipinski definition) is 4. The van der Waals surface area contributed by atoms with E-state index in [2.05, 4.69) is 57.5 Å². The number of anilines is 1. The number of carbonyl (C=O) groups excluding carboxylic acids is 1. The lowest BCUT2D eigenvalue weighted by Gasteiger charge is -2.33. The molecule has 0 bridgehead atoms. The Morgan fingerprint density at radius 3 is 2.56 bits per heavy atom. The van der Waals surface area contributed by atoms with E-state index in [9.17, 15) is 4.79 Å². The van der Waals surface area contributed by atoms with Crippen LogP contribution in [0.4, 0.5) is 5.82 Å². The minimum Gasteiger partial charge on any atom is -0.352 e. The number of nitrogens with zero attached hydrogens (tertiary/aromatic N) is 3. The van der Waals surface area contributed by atoms with E-state index in [1.54, 1.807) is 6.20 Å². The molecule has 2 heterocycles. The Labute approximate surface area is 162 Å². The molecule has 2 aromatic rings. The SMILES string of the molecule is CCCNC(=O)c1ccc(N(C)[C@H](CN2CCCC2)c2ccccc2)nc1. The summed E-state index contributed by atoms with van der Waals surface area (Å²) in [6.07, 6.45) is 5.17. The van der Waals surface area contributed by atoms with Gasteiger partial charge in [0.2, 0.25) is 0 Å². The summed E-state index contributed by atoms with van der Waals surface area (Å²) in [5.41, 5.74) is 1.90. The van der Waals surface area contributed by atoms with Gasteiger partial charge in [-0.05, 0) is 50.0 Å². The molecule has 1 aliphatic heterocycles. The summed E-state index contributed by atoms with van der Waals surface area (Å²) >= 11 is 0. The van der Waals surface area contributed by atoms with Crippen molar-refractivity contribution in [2.24, 2.45) is 0 Å². The third kappa shape index (κ3) is 5.07. The molecule has 0 aliphatic carbocycles. The summed E-state index contributed by atoms with van der Waals surface area (Å²) in [6.45, 7) is 6.05. The van der Waals surface area contributed by atoms with E-state index in [1.165, 1.54) is 31.5 Å². The van der Waals surface area contributed by atoms with Gasteiger partial charge in [-0.15, -0.1) is 0 Å². The second kappa shape index (κ2) is 9.51. The Kier molecular flexibility index (Phi) is 6.82. The smallest absolute Gasteiger partial charge is 0.252 e. The van der Waals surface area contributed by atoms with Gasteiger partial charge >= 0.3 is 0 Å². The van der Waals surface area contributed by atoms with Crippen molar-refractivity contribution < 1.29 is 4.79 Å². The summed E-state index contributed by atoms with van der Waals surface area (Å²) in [5, 5.41) is 2.89. The molecule has 0 radical (unpaired) electrons. The molecular weight excluding hydrogens is 336 g/mol. The van der Waals surface area contributed by atoms with Gasteiger partial charge in [-0.2, -0.15) is 0 Å². The van der Waals surface area contributed by atoms with Gasteiger partial charge in [0.15, 0.2) is 0 Å². The van der Waals surface area contributed by atoms with Crippen molar-refractivity contribution in [3.63, 3.8) is 0 Å². The minimum atomic E-state index is -0.0600. The van der Waals surface area contributed by atoms with Crippen LogP contribution in [0, 0.1) is 0 Å². The molecule has 5 nitrogen and oxygen atoms in total. The van der Waals surface area contributed by atoms with E-state index >= 15 is 0 Å². The molecule has 1 N–H and O–H groups in total. The van der Waals surface area contributed by atoms with Crippen molar-refractivity contribution in [1.82, 2.24) is 15.2 Å². The zero-order valence-electron chi connectivity index (χ0n) is 16.4. The van der Waals surface area contributed by atoms with Gasteiger partial charge < -0.3 is 15.1 Å². The molecule has 1 fully saturated rings. The molecule has 0 unspecified atom stereocenters. The molecule has 0 spiro atoms. The maximum absolute atomic E-state index is 12.1.